The van der Waals surface area contributed by atoms with Crippen LogP contribution in [-0.2, 0) is 4.74 Å². The van der Waals surface area contributed by atoms with Gasteiger partial charge in [0.05, 0.1) is 12.7 Å². The van der Waals surface area contributed by atoms with E-state index in [1.165, 1.54) is 7.11 Å². The molecule has 0 atom stereocenters. The number of nitrogens with zero attached hydrogens (tertiary/aromatic N) is 3. The zero-order valence-electron chi connectivity index (χ0n) is 10.8. The summed E-state index contributed by atoms with van der Waals surface area (Å²) in [5.74, 6) is 0.917. The summed E-state index contributed by atoms with van der Waals surface area (Å²) in [6.07, 6.45) is 3.86. The number of methoxy groups -OCH3 is 1. The molecule has 1 saturated heterocycles. The molecule has 0 bridgehead atoms. The van der Waals surface area contributed by atoms with Gasteiger partial charge in [0.15, 0.2) is 11.5 Å². The van der Waals surface area contributed by atoms with Gasteiger partial charge in [-0.05, 0) is 38.1 Å². The second kappa shape index (κ2) is 4.97. The number of rotatable bonds is 2. The van der Waals surface area contributed by atoms with Crippen LogP contribution in [0.3, 0.4) is 0 Å². The highest BCUT2D eigenvalue weighted by molar-refractivity contribution is 5.90. The van der Waals surface area contributed by atoms with E-state index in [-0.39, 0.29) is 5.97 Å². The maximum atomic E-state index is 11.5. The van der Waals surface area contributed by atoms with Crippen molar-refractivity contribution in [3.05, 3.63) is 29.7 Å². The number of fused-ring (bicyclic) bond motifs is 1. The second-order valence-electron chi connectivity index (χ2n) is 4.70. The van der Waals surface area contributed by atoms with Gasteiger partial charge in [-0.15, -0.1) is 0 Å². The molecule has 0 spiro atoms. The van der Waals surface area contributed by atoms with Crippen molar-refractivity contribution in [3.8, 4) is 0 Å². The second-order valence-corrected chi connectivity index (χ2v) is 4.70. The molecule has 0 saturated carbocycles. The number of pyridine rings is 1. The molecule has 1 fully saturated rings. The van der Waals surface area contributed by atoms with Gasteiger partial charge in [0, 0.05) is 12.1 Å². The highest BCUT2D eigenvalue weighted by Gasteiger charge is 2.20. The molecule has 1 aliphatic rings. The van der Waals surface area contributed by atoms with E-state index < -0.39 is 0 Å². The molecule has 0 unspecified atom stereocenters. The number of ether oxygens (including phenoxy) is 1. The van der Waals surface area contributed by atoms with Crippen LogP contribution in [0.25, 0.3) is 5.65 Å². The minimum absolute atomic E-state index is 0.353. The van der Waals surface area contributed by atoms with Crippen molar-refractivity contribution in [3.63, 3.8) is 0 Å². The van der Waals surface area contributed by atoms with Crippen LogP contribution in [-0.4, -0.2) is 40.8 Å². The summed E-state index contributed by atoms with van der Waals surface area (Å²) < 4.78 is 6.42. The van der Waals surface area contributed by atoms with Crippen molar-refractivity contribution in [1.82, 2.24) is 19.9 Å². The van der Waals surface area contributed by atoms with Crippen LogP contribution in [0.1, 0.15) is 34.9 Å². The minimum atomic E-state index is -0.353. The standard InChI is InChI=1S/C13H16N4O2/c1-19-13(18)10-4-7-17-11(8-10)15-12(16-17)9-2-5-14-6-3-9/h4,7-9,14H,2-3,5-6H2,1H3. The Bertz CT molecular complexity index is 602. The number of esters is 1. The number of nitrogens with one attached hydrogen (secondary N) is 1. The normalized spacial score (nSPS) is 16.7. The smallest absolute Gasteiger partial charge is 0.338 e. The first kappa shape index (κ1) is 12.1. The van der Waals surface area contributed by atoms with Gasteiger partial charge in [-0.1, -0.05) is 0 Å². The van der Waals surface area contributed by atoms with Gasteiger partial charge >= 0.3 is 5.97 Å². The maximum absolute atomic E-state index is 11.5. The van der Waals surface area contributed by atoms with Gasteiger partial charge in [0.25, 0.3) is 0 Å². The number of piperidine rings is 1. The Kier molecular flexibility index (Phi) is 3.16. The first-order valence-corrected chi connectivity index (χ1v) is 6.43. The zero-order chi connectivity index (χ0) is 13.2. The molecule has 100 valence electrons. The Morgan fingerprint density at radius 3 is 3.00 bits per heavy atom. The molecular weight excluding hydrogens is 244 g/mol. The molecule has 1 aliphatic heterocycles. The Balaban J connectivity index is 1.93. The third-order valence-corrected chi connectivity index (χ3v) is 3.48. The summed E-state index contributed by atoms with van der Waals surface area (Å²) in [6.45, 7) is 2.02. The van der Waals surface area contributed by atoms with E-state index in [1.807, 2.05) is 0 Å². The summed E-state index contributed by atoms with van der Waals surface area (Å²) in [7, 11) is 1.37. The van der Waals surface area contributed by atoms with Crippen LogP contribution in [0.2, 0.25) is 0 Å². The predicted octanol–water partition coefficient (Wildman–Crippen LogP) is 0.983. The molecule has 0 radical (unpaired) electrons. The molecule has 0 aromatic carbocycles. The van der Waals surface area contributed by atoms with Crippen LogP contribution >= 0.6 is 0 Å². The molecule has 0 aliphatic carbocycles. The van der Waals surface area contributed by atoms with Crippen molar-refractivity contribution in [2.24, 2.45) is 0 Å². The van der Waals surface area contributed by atoms with Crippen LogP contribution in [0.15, 0.2) is 18.3 Å². The van der Waals surface area contributed by atoms with Crippen molar-refractivity contribution in [2.45, 2.75) is 18.8 Å². The van der Waals surface area contributed by atoms with E-state index in [0.717, 1.165) is 31.8 Å². The molecule has 19 heavy (non-hydrogen) atoms. The third kappa shape index (κ3) is 2.31. The van der Waals surface area contributed by atoms with Crippen LogP contribution in [0.5, 0.6) is 0 Å². The minimum Gasteiger partial charge on any atom is -0.465 e. The average Bonchev–Trinajstić information content (AvgIpc) is 2.90. The predicted molar refractivity (Wildman–Crippen MR) is 69.2 cm³/mol. The molecule has 2 aromatic rings. The Morgan fingerprint density at radius 2 is 2.26 bits per heavy atom. The van der Waals surface area contributed by atoms with E-state index in [4.69, 9.17) is 4.74 Å². The van der Waals surface area contributed by atoms with Crippen molar-refractivity contribution >= 4 is 11.6 Å². The van der Waals surface area contributed by atoms with Gasteiger partial charge in [-0.25, -0.2) is 14.3 Å². The molecule has 6 heteroatoms. The summed E-state index contributed by atoms with van der Waals surface area (Å²) >= 11 is 0. The van der Waals surface area contributed by atoms with E-state index in [1.54, 1.807) is 22.8 Å². The summed E-state index contributed by atoms with van der Waals surface area (Å²) in [5.41, 5.74) is 1.19. The Hall–Kier alpha value is -1.95. The lowest BCUT2D eigenvalue weighted by molar-refractivity contribution is 0.0600. The summed E-state index contributed by atoms with van der Waals surface area (Å²) in [4.78, 5) is 16.0. The topological polar surface area (TPSA) is 68.5 Å². The van der Waals surface area contributed by atoms with Gasteiger partial charge in [-0.2, -0.15) is 5.10 Å². The average molecular weight is 260 g/mol. The Labute approximate surface area is 110 Å². The SMILES string of the molecule is COC(=O)c1ccn2nc(C3CCNCC3)nc2c1. The third-order valence-electron chi connectivity index (χ3n) is 3.48. The fourth-order valence-corrected chi connectivity index (χ4v) is 2.40. The fraction of sp³-hybridized carbons (Fsp3) is 0.462. The van der Waals surface area contributed by atoms with E-state index in [9.17, 15) is 4.79 Å². The van der Waals surface area contributed by atoms with E-state index in [2.05, 4.69) is 15.4 Å². The van der Waals surface area contributed by atoms with E-state index >= 15 is 0 Å². The van der Waals surface area contributed by atoms with E-state index in [0.29, 0.717) is 17.1 Å². The van der Waals surface area contributed by atoms with Crippen molar-refractivity contribution < 1.29 is 9.53 Å². The van der Waals surface area contributed by atoms with Crippen LogP contribution < -0.4 is 5.32 Å². The Morgan fingerprint density at radius 1 is 1.47 bits per heavy atom. The van der Waals surface area contributed by atoms with Gasteiger partial charge in [0.2, 0.25) is 0 Å². The highest BCUT2D eigenvalue weighted by atomic mass is 16.5. The number of carbonyl (C=O) groups excluding carboxylic acids is 1. The summed E-state index contributed by atoms with van der Waals surface area (Å²) in [5, 5.41) is 7.81. The first-order valence-electron chi connectivity index (χ1n) is 6.43. The maximum Gasteiger partial charge on any atom is 0.338 e. The van der Waals surface area contributed by atoms with Crippen LogP contribution in [0, 0.1) is 0 Å². The monoisotopic (exact) mass is 260 g/mol. The quantitative estimate of drug-likeness (QED) is 0.815. The first-order chi connectivity index (χ1) is 9.28. The van der Waals surface area contributed by atoms with Crippen molar-refractivity contribution in [2.75, 3.05) is 20.2 Å². The number of aromatic nitrogens is 3. The van der Waals surface area contributed by atoms with Gasteiger partial charge < -0.3 is 10.1 Å². The molecule has 6 nitrogen and oxygen atoms in total. The molecule has 2 aromatic heterocycles. The van der Waals surface area contributed by atoms with Crippen molar-refractivity contribution in [1.29, 1.82) is 0 Å². The lowest BCUT2D eigenvalue weighted by Crippen LogP contribution is -2.27. The molecule has 1 N–H and O–H groups in total. The van der Waals surface area contributed by atoms with Crippen LogP contribution in [0.4, 0.5) is 0 Å². The lowest BCUT2D eigenvalue weighted by atomic mass is 9.98. The molecule has 0 amide bonds. The number of hydrogen-bond donors (Lipinski definition) is 1. The zero-order valence-corrected chi connectivity index (χ0v) is 10.8. The number of carbonyl (C=O) groups is 1. The highest BCUT2D eigenvalue weighted by Crippen LogP contribution is 2.22. The fourth-order valence-electron chi connectivity index (χ4n) is 2.40. The van der Waals surface area contributed by atoms with Gasteiger partial charge in [-0.3, -0.25) is 0 Å². The number of hydrogen-bond acceptors (Lipinski definition) is 5. The largest absolute Gasteiger partial charge is 0.465 e. The molecular formula is C13H16N4O2. The molecule has 3 heterocycles. The molecule has 3 rings (SSSR count). The van der Waals surface area contributed by atoms with Gasteiger partial charge in [0.1, 0.15) is 0 Å². The lowest BCUT2D eigenvalue weighted by Gasteiger charge is -2.19. The summed E-state index contributed by atoms with van der Waals surface area (Å²) in [6, 6.07) is 3.41.